The van der Waals surface area contributed by atoms with Gasteiger partial charge in [0, 0.05) is 24.9 Å². The fourth-order valence-electron chi connectivity index (χ4n) is 3.19. The second-order valence-electron chi connectivity index (χ2n) is 6.57. The molecule has 0 saturated carbocycles. The first kappa shape index (κ1) is 18.5. The molecule has 3 N–H and O–H groups in total. The summed E-state index contributed by atoms with van der Waals surface area (Å²) in [6.07, 6.45) is 4.23. The van der Waals surface area contributed by atoms with Crippen LogP contribution in [0, 0.1) is 5.82 Å². The Morgan fingerprint density at radius 3 is 2.90 bits per heavy atom. The number of amides is 2. The number of nitrogens with two attached hydrogens (primary N) is 1. The predicted octanol–water partition coefficient (Wildman–Crippen LogP) is 2.13. The zero-order chi connectivity index (χ0) is 20.5. The van der Waals surface area contributed by atoms with Crippen LogP contribution in [0.3, 0.4) is 0 Å². The normalized spacial score (nSPS) is 12.0. The molecule has 3 aromatic heterocycles. The van der Waals surface area contributed by atoms with Gasteiger partial charge in [0.15, 0.2) is 5.65 Å². The number of fused-ring (bicyclic) bond motifs is 2. The van der Waals surface area contributed by atoms with Crippen LogP contribution in [-0.2, 0) is 13.5 Å². The number of aromatic nitrogens is 5. The number of hydrogen-bond acceptors (Lipinski definition) is 5. The molecule has 148 valence electrons. The van der Waals surface area contributed by atoms with Crippen LogP contribution in [0.2, 0.25) is 0 Å². The minimum absolute atomic E-state index is 0.311. The van der Waals surface area contributed by atoms with Gasteiger partial charge in [-0.25, -0.2) is 24.1 Å². The van der Waals surface area contributed by atoms with Crippen LogP contribution in [0.5, 0.6) is 0 Å². The van der Waals surface area contributed by atoms with Crippen molar-refractivity contribution in [3.8, 4) is 0 Å². The molecular weight excluding hydrogens is 375 g/mol. The number of carbonyl (C=O) groups excluding carboxylic acids is 1. The van der Waals surface area contributed by atoms with Crippen molar-refractivity contribution in [3.63, 3.8) is 0 Å². The van der Waals surface area contributed by atoms with Gasteiger partial charge in [-0.2, -0.15) is 15.3 Å². The summed E-state index contributed by atoms with van der Waals surface area (Å²) in [4.78, 5) is 15.3. The van der Waals surface area contributed by atoms with E-state index in [-0.39, 0.29) is 5.82 Å². The third kappa shape index (κ3) is 3.51. The number of urea groups is 1. The lowest BCUT2D eigenvalue weighted by Crippen LogP contribution is -2.26. The smallest absolute Gasteiger partial charge is 0.332 e. The quantitative estimate of drug-likeness (QED) is 0.398. The van der Waals surface area contributed by atoms with Gasteiger partial charge in [-0.3, -0.25) is 4.68 Å². The molecule has 3 heterocycles. The molecule has 2 amide bonds. The lowest BCUT2D eigenvalue weighted by Gasteiger charge is -2.07. The minimum atomic E-state index is -0.749. The van der Waals surface area contributed by atoms with E-state index in [1.165, 1.54) is 6.07 Å². The van der Waals surface area contributed by atoms with Gasteiger partial charge < -0.3 is 5.73 Å². The summed E-state index contributed by atoms with van der Waals surface area (Å²) in [5.41, 5.74) is 11.0. The minimum Gasteiger partial charge on any atom is -0.350 e. The van der Waals surface area contributed by atoms with Crippen molar-refractivity contribution in [1.29, 1.82) is 0 Å². The first-order valence-corrected chi connectivity index (χ1v) is 9.02. The highest BCUT2D eigenvalue weighted by atomic mass is 19.1. The van der Waals surface area contributed by atoms with Gasteiger partial charge in [-0.05, 0) is 30.2 Å². The zero-order valence-electron chi connectivity index (χ0n) is 15.9. The Balaban J connectivity index is 1.72. The Bertz CT molecular complexity index is 1260. The van der Waals surface area contributed by atoms with Crippen molar-refractivity contribution < 1.29 is 9.18 Å². The van der Waals surface area contributed by atoms with Crippen molar-refractivity contribution in [2.75, 3.05) is 0 Å². The van der Waals surface area contributed by atoms with Crippen molar-refractivity contribution in [3.05, 3.63) is 59.4 Å². The number of primary amides is 1. The molecule has 4 rings (SSSR count). The summed E-state index contributed by atoms with van der Waals surface area (Å²) in [5, 5.41) is 13.6. The van der Waals surface area contributed by atoms with E-state index < -0.39 is 6.03 Å². The Hall–Kier alpha value is -3.82. The second kappa shape index (κ2) is 7.30. The lowest BCUT2D eigenvalue weighted by molar-refractivity contribution is 0.249. The highest BCUT2D eigenvalue weighted by Gasteiger charge is 2.13. The van der Waals surface area contributed by atoms with E-state index in [0.717, 1.165) is 16.6 Å². The molecule has 29 heavy (non-hydrogen) atoms. The fraction of sp³-hybridized carbons (Fsp3) is 0.211. The molecule has 0 radical (unpaired) electrons. The average Bonchev–Trinajstić information content (AvgIpc) is 3.26. The topological polar surface area (TPSA) is 115 Å². The van der Waals surface area contributed by atoms with E-state index in [1.54, 1.807) is 46.8 Å². The number of nitrogens with one attached hydrogen (secondary N) is 1. The number of hydrazone groups is 1. The molecule has 9 nitrogen and oxygen atoms in total. The largest absolute Gasteiger partial charge is 0.350 e. The van der Waals surface area contributed by atoms with Gasteiger partial charge in [-0.1, -0.05) is 6.92 Å². The van der Waals surface area contributed by atoms with E-state index in [2.05, 4.69) is 25.7 Å². The molecule has 0 unspecified atom stereocenters. The Kier molecular flexibility index (Phi) is 4.67. The van der Waals surface area contributed by atoms with Crippen LogP contribution in [0.1, 0.15) is 30.3 Å². The first-order valence-electron chi connectivity index (χ1n) is 9.02. The maximum Gasteiger partial charge on any atom is 0.332 e. The molecule has 0 aliphatic carbocycles. The molecule has 10 heteroatoms. The summed E-state index contributed by atoms with van der Waals surface area (Å²) >= 11 is 0. The summed E-state index contributed by atoms with van der Waals surface area (Å²) in [5.74, 6) is -0.311. The second-order valence-corrected chi connectivity index (χ2v) is 6.57. The van der Waals surface area contributed by atoms with Crippen molar-refractivity contribution in [2.24, 2.45) is 17.9 Å². The highest BCUT2D eigenvalue weighted by Crippen LogP contribution is 2.21. The molecular formula is C19H19FN8O. The number of carbonyl (C=O) groups is 1. The van der Waals surface area contributed by atoms with Crippen LogP contribution >= 0.6 is 0 Å². The van der Waals surface area contributed by atoms with Crippen LogP contribution in [0.25, 0.3) is 16.6 Å². The van der Waals surface area contributed by atoms with Gasteiger partial charge in [0.05, 0.1) is 29.3 Å². The van der Waals surface area contributed by atoms with E-state index in [1.807, 2.05) is 6.92 Å². The fourth-order valence-corrected chi connectivity index (χ4v) is 3.19. The van der Waals surface area contributed by atoms with Crippen molar-refractivity contribution in [1.82, 2.24) is 29.8 Å². The third-order valence-electron chi connectivity index (χ3n) is 4.65. The number of nitrogens with zero attached hydrogens (tertiary/aromatic N) is 6. The summed E-state index contributed by atoms with van der Waals surface area (Å²) < 4.78 is 17.9. The predicted molar refractivity (Wildman–Crippen MR) is 106 cm³/mol. The van der Waals surface area contributed by atoms with Crippen LogP contribution < -0.4 is 11.2 Å². The molecule has 4 aromatic rings. The Morgan fingerprint density at radius 1 is 1.31 bits per heavy atom. The number of aryl methyl sites for hydroxylation is 1. The molecule has 0 fully saturated rings. The maximum atomic E-state index is 14.6. The van der Waals surface area contributed by atoms with Gasteiger partial charge >= 0.3 is 6.03 Å². The molecule has 0 atom stereocenters. The first-order chi connectivity index (χ1) is 14.0. The summed E-state index contributed by atoms with van der Waals surface area (Å²) in [6.45, 7) is 1.89. The van der Waals surface area contributed by atoms with Gasteiger partial charge in [0.25, 0.3) is 0 Å². The summed E-state index contributed by atoms with van der Waals surface area (Å²) in [6, 6.07) is 6.08. The summed E-state index contributed by atoms with van der Waals surface area (Å²) in [7, 11) is 1.78. The highest BCUT2D eigenvalue weighted by molar-refractivity contribution is 5.99. The average molecular weight is 394 g/mol. The van der Waals surface area contributed by atoms with Crippen LogP contribution in [-0.4, -0.2) is 36.1 Å². The monoisotopic (exact) mass is 394 g/mol. The van der Waals surface area contributed by atoms with Gasteiger partial charge in [-0.15, -0.1) is 0 Å². The van der Waals surface area contributed by atoms with Crippen molar-refractivity contribution >= 4 is 28.3 Å². The Labute approximate surface area is 165 Å². The molecule has 0 saturated heterocycles. The number of rotatable bonds is 5. The SMILES string of the molecule is CC/C(=N\NC(N)=O)c1ccc2ncc(Cc3cc4cnn(C)c4cc3F)n2n1. The van der Waals surface area contributed by atoms with Crippen molar-refractivity contribution in [2.45, 2.75) is 19.8 Å². The van der Waals surface area contributed by atoms with E-state index >= 15 is 0 Å². The molecule has 0 aliphatic heterocycles. The molecule has 0 bridgehead atoms. The van der Waals surface area contributed by atoms with Crippen LogP contribution in [0.4, 0.5) is 9.18 Å². The number of halogens is 1. The van der Waals surface area contributed by atoms with E-state index in [9.17, 15) is 9.18 Å². The molecule has 1 aromatic carbocycles. The Morgan fingerprint density at radius 2 is 2.14 bits per heavy atom. The third-order valence-corrected chi connectivity index (χ3v) is 4.65. The van der Waals surface area contributed by atoms with Crippen LogP contribution in [0.15, 0.2) is 41.8 Å². The maximum absolute atomic E-state index is 14.6. The van der Waals surface area contributed by atoms with Gasteiger partial charge in [0.2, 0.25) is 0 Å². The molecule has 0 aliphatic rings. The standard InChI is InChI=1S/C19H19FN8O/c1-3-15(24-25-19(21)29)16-4-5-18-22-10-13(28(18)26-16)7-11-6-12-9-23-27(2)17(12)8-14(11)20/h4-6,8-10H,3,7H2,1-2H3,(H3,21,25,29)/b24-15+. The van der Waals surface area contributed by atoms with E-state index in [0.29, 0.717) is 35.5 Å². The lowest BCUT2D eigenvalue weighted by atomic mass is 10.1. The molecule has 0 spiro atoms. The number of imidazole rings is 1. The van der Waals surface area contributed by atoms with E-state index in [4.69, 9.17) is 5.73 Å². The van der Waals surface area contributed by atoms with Gasteiger partial charge in [0.1, 0.15) is 11.5 Å². The zero-order valence-corrected chi connectivity index (χ0v) is 15.9. The number of benzene rings is 1. The number of hydrogen-bond donors (Lipinski definition) is 2.